The molecule has 0 radical (unpaired) electrons. The Morgan fingerprint density at radius 3 is 2.60 bits per heavy atom. The summed E-state index contributed by atoms with van der Waals surface area (Å²) in [5.74, 6) is 2.13. The first kappa shape index (κ1) is 22.7. The number of H-pyrrole nitrogens is 1. The van der Waals surface area contributed by atoms with Gasteiger partial charge in [0.2, 0.25) is 10.0 Å². The highest BCUT2D eigenvalue weighted by Crippen LogP contribution is 2.41. The van der Waals surface area contributed by atoms with E-state index >= 15 is 0 Å². The van der Waals surface area contributed by atoms with Crippen LogP contribution in [0.2, 0.25) is 0 Å². The Morgan fingerprint density at radius 1 is 1.14 bits per heavy atom. The van der Waals surface area contributed by atoms with Crippen LogP contribution in [0.25, 0.3) is 10.9 Å². The maximum atomic E-state index is 13.4. The van der Waals surface area contributed by atoms with Gasteiger partial charge in [-0.3, -0.25) is 10.1 Å². The first-order valence-corrected chi connectivity index (χ1v) is 14.0. The van der Waals surface area contributed by atoms with E-state index in [4.69, 9.17) is 4.98 Å². The molecule has 35 heavy (non-hydrogen) atoms. The number of anilines is 3. The molecule has 2 bridgehead atoms. The molecule has 3 aliphatic heterocycles. The van der Waals surface area contributed by atoms with E-state index < -0.39 is 10.0 Å². The van der Waals surface area contributed by atoms with E-state index in [0.29, 0.717) is 24.7 Å². The lowest BCUT2D eigenvalue weighted by Crippen LogP contribution is -2.61. The number of aryl methyl sites for hydroxylation is 1. The standard InChI is InChI=1S/C24H32N8O2S/c1-3-31-13-19(14-31)35(33,34)32-17-6-7-18(32)11-16(10-17)26-24-20-5-4-8-25-21(20)12-22(28-24)27-23-9-15(2)29-30-23/h4-5,8-9,12,16-19H,3,6-7,10-11,13-14H2,1-2H3,(H3,26,27,28,29,30)/t16?,17-,18+. The number of aromatic nitrogens is 4. The number of hydrogen-bond donors (Lipinski definition) is 3. The van der Waals surface area contributed by atoms with Crippen molar-refractivity contribution in [2.75, 3.05) is 30.3 Å². The minimum atomic E-state index is -3.26. The Bertz CT molecular complexity index is 1320. The van der Waals surface area contributed by atoms with Crippen LogP contribution in [0.3, 0.4) is 0 Å². The first-order valence-electron chi connectivity index (χ1n) is 12.5. The number of nitrogens with zero attached hydrogens (tertiary/aromatic N) is 5. The molecular weight excluding hydrogens is 464 g/mol. The van der Waals surface area contributed by atoms with Crippen molar-refractivity contribution >= 4 is 38.4 Å². The zero-order chi connectivity index (χ0) is 24.2. The summed E-state index contributed by atoms with van der Waals surface area (Å²) in [6, 6.07) is 8.05. The lowest BCUT2D eigenvalue weighted by atomic mass is 9.99. The molecule has 0 spiro atoms. The molecule has 3 saturated heterocycles. The molecule has 0 aliphatic carbocycles. The van der Waals surface area contributed by atoms with Gasteiger partial charge in [0.05, 0.1) is 5.52 Å². The van der Waals surface area contributed by atoms with Crippen LogP contribution in [0.1, 0.15) is 38.3 Å². The van der Waals surface area contributed by atoms with Gasteiger partial charge in [-0.1, -0.05) is 6.92 Å². The molecule has 6 heterocycles. The highest BCUT2D eigenvalue weighted by molar-refractivity contribution is 7.89. The minimum absolute atomic E-state index is 0.0599. The third kappa shape index (κ3) is 4.15. The van der Waals surface area contributed by atoms with Gasteiger partial charge in [0, 0.05) is 60.6 Å². The minimum Gasteiger partial charge on any atom is -0.367 e. The van der Waals surface area contributed by atoms with Crippen molar-refractivity contribution < 1.29 is 8.42 Å². The largest absolute Gasteiger partial charge is 0.367 e. The van der Waals surface area contributed by atoms with Crippen LogP contribution in [0.15, 0.2) is 30.5 Å². The molecule has 6 rings (SSSR count). The molecule has 0 saturated carbocycles. The quantitative estimate of drug-likeness (QED) is 0.457. The fraction of sp³-hybridized carbons (Fsp3) is 0.542. The highest BCUT2D eigenvalue weighted by atomic mass is 32.2. The summed E-state index contributed by atoms with van der Waals surface area (Å²) in [4.78, 5) is 11.6. The molecule has 3 N–H and O–H groups in total. The second-order valence-electron chi connectivity index (χ2n) is 10.0. The number of aromatic amines is 1. The van der Waals surface area contributed by atoms with E-state index in [9.17, 15) is 8.42 Å². The summed E-state index contributed by atoms with van der Waals surface area (Å²) in [5, 5.41) is 14.8. The summed E-state index contributed by atoms with van der Waals surface area (Å²) in [6.07, 6.45) is 5.22. The SMILES string of the molecule is CCN1CC(S(=O)(=O)N2[C@@H]3CC[C@H]2CC(Nc2nc(Nc4cc(C)[nH]n4)cc4ncccc24)C3)C1. The maximum Gasteiger partial charge on any atom is 0.220 e. The maximum absolute atomic E-state index is 13.4. The van der Waals surface area contributed by atoms with E-state index in [1.54, 1.807) is 6.20 Å². The lowest BCUT2D eigenvalue weighted by molar-refractivity contribution is 0.176. The van der Waals surface area contributed by atoms with Gasteiger partial charge >= 0.3 is 0 Å². The molecule has 3 fully saturated rings. The smallest absolute Gasteiger partial charge is 0.220 e. The number of nitrogens with one attached hydrogen (secondary N) is 3. The summed E-state index contributed by atoms with van der Waals surface area (Å²) >= 11 is 0. The molecule has 0 aromatic carbocycles. The van der Waals surface area contributed by atoms with Crippen molar-refractivity contribution in [1.29, 1.82) is 0 Å². The van der Waals surface area contributed by atoms with E-state index in [2.05, 4.69) is 37.6 Å². The third-order valence-electron chi connectivity index (χ3n) is 7.65. The van der Waals surface area contributed by atoms with Crippen LogP contribution in [0.5, 0.6) is 0 Å². The Balaban J connectivity index is 1.22. The van der Waals surface area contributed by atoms with E-state index in [-0.39, 0.29) is 23.4 Å². The van der Waals surface area contributed by atoms with Crippen LogP contribution in [-0.2, 0) is 10.0 Å². The number of likely N-dealkylation sites (tertiary alicyclic amines) is 1. The number of rotatable bonds is 7. The van der Waals surface area contributed by atoms with E-state index in [1.807, 2.05) is 35.5 Å². The number of hydrogen-bond acceptors (Lipinski definition) is 8. The number of piperidine rings is 1. The van der Waals surface area contributed by atoms with Crippen molar-refractivity contribution in [3.05, 3.63) is 36.2 Å². The predicted molar refractivity (Wildman–Crippen MR) is 136 cm³/mol. The van der Waals surface area contributed by atoms with Gasteiger partial charge in [0.1, 0.15) is 16.9 Å². The van der Waals surface area contributed by atoms with Crippen molar-refractivity contribution in [2.24, 2.45) is 0 Å². The van der Waals surface area contributed by atoms with Crippen LogP contribution in [0, 0.1) is 6.92 Å². The average Bonchev–Trinajstić information content (AvgIpc) is 3.33. The third-order valence-corrected chi connectivity index (χ3v) is 9.98. The van der Waals surface area contributed by atoms with E-state index in [0.717, 1.165) is 54.6 Å². The zero-order valence-corrected chi connectivity index (χ0v) is 20.9. The predicted octanol–water partition coefficient (Wildman–Crippen LogP) is 2.85. The molecule has 11 heteroatoms. The number of sulfonamides is 1. The van der Waals surface area contributed by atoms with Crippen molar-refractivity contribution in [2.45, 2.75) is 62.9 Å². The fourth-order valence-electron chi connectivity index (χ4n) is 5.86. The normalized spacial score (nSPS) is 25.6. The molecule has 186 valence electrons. The molecular formula is C24H32N8O2S. The molecule has 3 aromatic rings. The summed E-state index contributed by atoms with van der Waals surface area (Å²) < 4.78 is 28.7. The Kier molecular flexibility index (Phi) is 5.65. The molecule has 3 aliphatic rings. The average molecular weight is 497 g/mol. The molecule has 3 aromatic heterocycles. The van der Waals surface area contributed by atoms with Crippen LogP contribution in [-0.4, -0.2) is 80.8 Å². The number of pyridine rings is 2. The van der Waals surface area contributed by atoms with Gasteiger partial charge in [0.25, 0.3) is 0 Å². The fourth-order valence-corrected chi connectivity index (χ4v) is 8.22. The Labute approximate surface area is 205 Å². The Morgan fingerprint density at radius 2 is 1.91 bits per heavy atom. The van der Waals surface area contributed by atoms with Gasteiger partial charge in [-0.2, -0.15) is 9.40 Å². The van der Waals surface area contributed by atoms with Crippen LogP contribution >= 0.6 is 0 Å². The second-order valence-corrected chi connectivity index (χ2v) is 12.2. The summed E-state index contributed by atoms with van der Waals surface area (Å²) in [6.45, 7) is 6.27. The summed E-state index contributed by atoms with van der Waals surface area (Å²) in [5.41, 5.74) is 1.81. The van der Waals surface area contributed by atoms with Crippen LogP contribution < -0.4 is 10.6 Å². The first-order chi connectivity index (χ1) is 16.9. The lowest BCUT2D eigenvalue weighted by Gasteiger charge is -2.45. The van der Waals surface area contributed by atoms with Gasteiger partial charge in [-0.25, -0.2) is 13.4 Å². The topological polar surface area (TPSA) is 119 Å². The van der Waals surface area contributed by atoms with E-state index in [1.165, 1.54) is 0 Å². The van der Waals surface area contributed by atoms with Gasteiger partial charge < -0.3 is 15.5 Å². The van der Waals surface area contributed by atoms with Crippen LogP contribution in [0.4, 0.5) is 17.5 Å². The zero-order valence-electron chi connectivity index (χ0n) is 20.1. The Hall–Kier alpha value is -2.76. The molecule has 1 unspecified atom stereocenters. The van der Waals surface area contributed by atoms with Gasteiger partial charge in [-0.15, -0.1) is 0 Å². The van der Waals surface area contributed by atoms with Crippen molar-refractivity contribution in [1.82, 2.24) is 29.4 Å². The molecule has 3 atom stereocenters. The number of fused-ring (bicyclic) bond motifs is 3. The molecule has 0 amide bonds. The van der Waals surface area contributed by atoms with Gasteiger partial charge in [-0.05, 0) is 51.3 Å². The van der Waals surface area contributed by atoms with Gasteiger partial charge in [0.15, 0.2) is 5.82 Å². The highest BCUT2D eigenvalue weighted by Gasteiger charge is 2.51. The summed E-state index contributed by atoms with van der Waals surface area (Å²) in [7, 11) is -3.26. The second kappa shape index (κ2) is 8.72. The molecule has 10 nitrogen and oxygen atoms in total. The van der Waals surface area contributed by atoms with Crippen molar-refractivity contribution in [3.63, 3.8) is 0 Å². The monoisotopic (exact) mass is 496 g/mol. The van der Waals surface area contributed by atoms with Crippen molar-refractivity contribution in [3.8, 4) is 0 Å².